The van der Waals surface area contributed by atoms with E-state index in [1.165, 1.54) is 61.1 Å². The molecule has 10 amide bonds. The Bertz CT molecular complexity index is 2010. The summed E-state index contributed by atoms with van der Waals surface area (Å²) in [6.45, 7) is 14.8. The Kier molecular flexibility index (Phi) is 35.6. The second-order valence-corrected chi connectivity index (χ2v) is 22.1. The Morgan fingerprint density at radius 1 is 0.333 bits per heavy atom. The van der Waals surface area contributed by atoms with E-state index in [2.05, 4.69) is 5.32 Å². The van der Waals surface area contributed by atoms with Crippen LogP contribution >= 0.6 is 0 Å². The van der Waals surface area contributed by atoms with E-state index in [4.69, 9.17) is 5.73 Å². The number of carbonyl (C=O) groups excluding carboxylic acids is 10. The van der Waals surface area contributed by atoms with E-state index in [-0.39, 0.29) is 44.7 Å². The second-order valence-electron chi connectivity index (χ2n) is 22.1. The highest BCUT2D eigenvalue weighted by Gasteiger charge is 2.34. The molecule has 0 saturated carbocycles. The summed E-state index contributed by atoms with van der Waals surface area (Å²) in [6, 6.07) is -1.21. The van der Waals surface area contributed by atoms with Gasteiger partial charge < -0.3 is 85.8 Å². The number of rotatable bonds is 40. The number of amides is 10. The number of hydrogen-bond acceptors (Lipinski definition) is 17. The molecule has 0 bridgehead atoms. The molecule has 81 heavy (non-hydrogen) atoms. The van der Waals surface area contributed by atoms with Crippen LogP contribution < -0.4 is 11.1 Å². The zero-order valence-electron chi connectivity index (χ0n) is 50.8. The van der Waals surface area contributed by atoms with Crippen molar-refractivity contribution in [3.05, 3.63) is 0 Å². The Morgan fingerprint density at radius 2 is 0.568 bits per heavy atom. The molecule has 0 aliphatic carbocycles. The maximum Gasteiger partial charge on any atom is 0.242 e. The molecule has 0 aromatic rings. The third kappa shape index (κ3) is 30.3. The van der Waals surface area contributed by atoms with Gasteiger partial charge in [0.15, 0.2) is 0 Å². The van der Waals surface area contributed by atoms with Crippen LogP contribution in [0.4, 0.5) is 0 Å². The second kappa shape index (κ2) is 38.2. The van der Waals surface area contributed by atoms with Crippen LogP contribution in [0.25, 0.3) is 0 Å². The van der Waals surface area contributed by atoms with Crippen LogP contribution in [0.5, 0.6) is 0 Å². The van der Waals surface area contributed by atoms with E-state index in [0.29, 0.717) is 12.8 Å². The molecular weight excluding hydrogens is 1060 g/mol. The lowest BCUT2D eigenvalue weighted by Crippen LogP contribution is -2.55. The number of nitrogens with one attached hydrogen (secondary N) is 1. The fourth-order valence-electron chi connectivity index (χ4n) is 8.32. The fraction of sp³-hybridized carbons (Fsp3) is 0.815. The number of aliphatic hydroxyl groups is 6. The highest BCUT2D eigenvalue weighted by molar-refractivity contribution is 5.94. The summed E-state index contributed by atoms with van der Waals surface area (Å²) < 4.78 is 0. The lowest BCUT2D eigenvalue weighted by Gasteiger charge is -2.35. The minimum Gasteiger partial charge on any atom is -0.392 e. The van der Waals surface area contributed by atoms with Crippen LogP contribution in [-0.4, -0.2) is 300 Å². The van der Waals surface area contributed by atoms with E-state index >= 15 is 0 Å². The quantitative estimate of drug-likeness (QED) is 0.0300. The number of nitrogens with two attached hydrogens (primary N) is 1. The maximum absolute atomic E-state index is 14.4. The number of nitrogens with zero attached hydrogens (tertiary/aromatic N) is 9. The Labute approximate surface area is 479 Å². The molecule has 0 aromatic carbocycles. The van der Waals surface area contributed by atoms with Crippen molar-refractivity contribution in [1.82, 2.24) is 49.4 Å². The van der Waals surface area contributed by atoms with Gasteiger partial charge in [-0.15, -0.1) is 0 Å². The predicted octanol–water partition coefficient (Wildman–Crippen LogP) is -3.15. The summed E-state index contributed by atoms with van der Waals surface area (Å²) in [4.78, 5) is 147. The van der Waals surface area contributed by atoms with Gasteiger partial charge in [0.2, 0.25) is 59.1 Å². The van der Waals surface area contributed by atoms with Crippen molar-refractivity contribution < 1.29 is 78.6 Å². The SMILES string of the molecule is CCC(C)NCC(=O)N(CC(=O)N(CC(=O)N(CC(=O)N(CC(=O)N(CC(=O)N(CC(=O)N(CC(=O)N(CC(=O)N(CC(N)=O)CC(C)O)C(C)CC)CC(C)O)CC(C)O)CC(C)O)C(C)CC)CC(C)C)CC(C)O)CC(C)O. The first-order chi connectivity index (χ1) is 37.6. The molecule has 0 radical (unpaired) electrons. The topological polar surface area (TPSA) is 359 Å². The van der Waals surface area contributed by atoms with E-state index < -0.39 is 186 Å². The van der Waals surface area contributed by atoms with Crippen molar-refractivity contribution in [3.63, 3.8) is 0 Å². The lowest BCUT2D eigenvalue weighted by molar-refractivity contribution is -0.151. The Morgan fingerprint density at radius 3 is 0.802 bits per heavy atom. The monoisotopic (exact) mass is 1160 g/mol. The smallest absolute Gasteiger partial charge is 0.242 e. The molecule has 0 aliphatic heterocycles. The molecule has 27 nitrogen and oxygen atoms in total. The van der Waals surface area contributed by atoms with Crippen molar-refractivity contribution >= 4 is 59.1 Å². The van der Waals surface area contributed by atoms with Crippen LogP contribution in [0.15, 0.2) is 0 Å². The predicted molar refractivity (Wildman–Crippen MR) is 301 cm³/mol. The average Bonchev–Trinajstić information content (AvgIpc) is 3.35. The van der Waals surface area contributed by atoms with E-state index in [9.17, 15) is 78.6 Å². The third-order valence-corrected chi connectivity index (χ3v) is 13.0. The van der Waals surface area contributed by atoms with Crippen LogP contribution in [0.2, 0.25) is 0 Å². The molecule has 0 rings (SSSR count). The molecule has 9 unspecified atom stereocenters. The van der Waals surface area contributed by atoms with Crippen molar-refractivity contribution in [3.8, 4) is 0 Å². The van der Waals surface area contributed by atoms with Gasteiger partial charge in [0.25, 0.3) is 0 Å². The highest BCUT2D eigenvalue weighted by atomic mass is 16.3. The Hall–Kier alpha value is -5.58. The van der Waals surface area contributed by atoms with Gasteiger partial charge in [-0.1, -0.05) is 34.6 Å². The molecule has 9 atom stereocenters. The first-order valence-electron chi connectivity index (χ1n) is 28.2. The fourth-order valence-corrected chi connectivity index (χ4v) is 8.32. The van der Waals surface area contributed by atoms with Crippen LogP contribution in [0, 0.1) is 5.92 Å². The van der Waals surface area contributed by atoms with Crippen LogP contribution in [0.1, 0.15) is 116 Å². The van der Waals surface area contributed by atoms with E-state index in [1.807, 2.05) is 13.8 Å². The number of aliphatic hydroxyl groups excluding tert-OH is 6. The standard InChI is InChI=1S/C54H101N11O16/c1-15-36(6)56-18-46(73)59(21-40(10)67)27-48(75)60(22-41(11)68)28-47(74)57(19-35(4)5)31-53(80)65(38(8)17-3)34-52(79)62(24-43(13)70)30-49(76)61(23-42(12)69)29-50(77)63(25-44(14)71)32-54(81)64(37(7)16-2)33-51(78)58(20-39(9)66)26-45(55)72/h35-44,56,66-71H,15-34H2,1-14H3,(H2,55,72). The molecule has 468 valence electrons. The third-order valence-electron chi connectivity index (χ3n) is 13.0. The molecule has 0 heterocycles. The van der Waals surface area contributed by atoms with Gasteiger partial charge in [-0.2, -0.15) is 0 Å². The minimum atomic E-state index is -1.23. The molecule has 27 heteroatoms. The van der Waals surface area contributed by atoms with Gasteiger partial charge in [-0.05, 0) is 87.5 Å². The molecule has 0 fully saturated rings. The normalized spacial score (nSPS) is 14.7. The van der Waals surface area contributed by atoms with Crippen molar-refractivity contribution in [2.24, 2.45) is 11.7 Å². The van der Waals surface area contributed by atoms with Crippen molar-refractivity contribution in [1.29, 1.82) is 0 Å². The summed E-state index contributed by atoms with van der Waals surface area (Å²) in [5, 5.41) is 65.2. The first-order valence-corrected chi connectivity index (χ1v) is 28.2. The zero-order valence-corrected chi connectivity index (χ0v) is 50.8. The summed E-state index contributed by atoms with van der Waals surface area (Å²) in [6.07, 6.45) is -5.35. The van der Waals surface area contributed by atoms with Gasteiger partial charge in [-0.25, -0.2) is 0 Å². The van der Waals surface area contributed by atoms with Gasteiger partial charge >= 0.3 is 0 Å². The summed E-state index contributed by atoms with van der Waals surface area (Å²) in [5.74, 6) is -7.58. The molecule has 0 aliphatic rings. The Balaban J connectivity index is 6.84. The maximum atomic E-state index is 14.4. The molecular formula is C54H101N11O16. The number of primary amides is 1. The molecule has 0 aromatic heterocycles. The first kappa shape index (κ1) is 75.4. The number of carbonyl (C=O) groups is 10. The average molecular weight is 1160 g/mol. The van der Waals surface area contributed by atoms with Crippen molar-refractivity contribution in [2.75, 3.05) is 111 Å². The lowest BCUT2D eigenvalue weighted by atomic mass is 10.1. The highest BCUT2D eigenvalue weighted by Crippen LogP contribution is 2.13. The summed E-state index contributed by atoms with van der Waals surface area (Å²) in [5.41, 5.74) is 5.34. The van der Waals surface area contributed by atoms with Crippen molar-refractivity contribution in [2.45, 2.75) is 171 Å². The zero-order chi connectivity index (χ0) is 62.6. The molecule has 0 spiro atoms. The van der Waals surface area contributed by atoms with Gasteiger partial charge in [-0.3, -0.25) is 47.9 Å². The number of hydrogen-bond donors (Lipinski definition) is 8. The van der Waals surface area contributed by atoms with E-state index in [1.54, 1.807) is 41.5 Å². The minimum absolute atomic E-state index is 0.00566. The molecule has 0 saturated heterocycles. The van der Waals surface area contributed by atoms with Gasteiger partial charge in [0.1, 0.15) is 13.1 Å². The molecule has 9 N–H and O–H groups in total. The summed E-state index contributed by atoms with van der Waals surface area (Å²) >= 11 is 0. The largest absolute Gasteiger partial charge is 0.392 e. The summed E-state index contributed by atoms with van der Waals surface area (Å²) in [7, 11) is 0. The van der Waals surface area contributed by atoms with Gasteiger partial charge in [0.05, 0.1) is 89.0 Å². The van der Waals surface area contributed by atoms with Gasteiger partial charge in [0, 0.05) is 63.9 Å². The van der Waals surface area contributed by atoms with Crippen LogP contribution in [0.3, 0.4) is 0 Å². The van der Waals surface area contributed by atoms with Crippen LogP contribution in [-0.2, 0) is 47.9 Å². The van der Waals surface area contributed by atoms with E-state index in [0.717, 1.165) is 30.9 Å².